The molecule has 1 heterocycles. The normalized spacial score (nSPS) is 14.5. The first-order chi connectivity index (χ1) is 32.9. The number of ether oxygens (including phenoxy) is 6. The molecule has 3 unspecified atom stereocenters. The summed E-state index contributed by atoms with van der Waals surface area (Å²) < 4.78 is 32.2. The van der Waals surface area contributed by atoms with Crippen LogP contribution in [0.4, 0.5) is 0 Å². The molecule has 396 valence electrons. The molecule has 0 aromatic carbocycles. The zero-order valence-electron chi connectivity index (χ0n) is 43.8. The number of carbonyl (C=O) groups is 7. The quantitative estimate of drug-likeness (QED) is 0.0244. The maximum atomic E-state index is 13.0. The van der Waals surface area contributed by atoms with Crippen molar-refractivity contribution in [1.29, 1.82) is 0 Å². The molecule has 68 heavy (non-hydrogen) atoms. The standard InChI is InChI=1S/C45H77NO13.C9H20/c1-5-8-11-14-17-20-23-41(49)55-30-37(29-54-35-47)26-44(52)58-33-39-28-40(46(39)36(4)48)34-59-45(53)27-38(31-56-42(50)24-21-18-15-12-9-6-2)32-57-43(51)25-22-19-16-13-10-7-3;1-3-5-7-9-8-6-4-2/h35,37-40H,5-34H2,1-4H3;3-9H2,1-2H3. The largest absolute Gasteiger partial charge is 0.467 e. The Labute approximate surface area is 412 Å². The minimum absolute atomic E-state index is 0.0829. The summed E-state index contributed by atoms with van der Waals surface area (Å²) in [6.07, 6.45) is 29.5. The molecule has 0 bridgehead atoms. The summed E-state index contributed by atoms with van der Waals surface area (Å²) in [5.74, 6) is -3.72. The van der Waals surface area contributed by atoms with E-state index in [1.807, 2.05) is 0 Å². The average Bonchev–Trinajstić information content (AvgIpc) is 3.30. The van der Waals surface area contributed by atoms with Crippen molar-refractivity contribution in [1.82, 2.24) is 4.90 Å². The molecule has 0 aromatic heterocycles. The number of unbranched alkanes of at least 4 members (excludes halogenated alkanes) is 21. The van der Waals surface area contributed by atoms with Crippen molar-refractivity contribution in [2.75, 3.05) is 39.6 Å². The molecule has 1 rings (SSSR count). The van der Waals surface area contributed by atoms with E-state index in [1.54, 1.807) is 0 Å². The molecule has 0 aliphatic carbocycles. The van der Waals surface area contributed by atoms with Crippen LogP contribution in [0.2, 0.25) is 0 Å². The fourth-order valence-electron chi connectivity index (χ4n) is 8.02. The van der Waals surface area contributed by atoms with Crippen LogP contribution in [0.3, 0.4) is 0 Å². The van der Waals surface area contributed by atoms with Crippen LogP contribution < -0.4 is 0 Å². The molecule has 0 N–H and O–H groups in total. The molecule has 1 fully saturated rings. The van der Waals surface area contributed by atoms with Gasteiger partial charge in [0, 0.05) is 38.0 Å². The van der Waals surface area contributed by atoms with Crippen LogP contribution in [-0.2, 0) is 62.0 Å². The highest BCUT2D eigenvalue weighted by Gasteiger charge is 2.41. The first-order valence-electron chi connectivity index (χ1n) is 27.1. The molecule has 1 saturated heterocycles. The second-order valence-electron chi connectivity index (χ2n) is 18.8. The second kappa shape index (κ2) is 45.7. The first-order valence-corrected chi connectivity index (χ1v) is 27.1. The number of esters is 5. The van der Waals surface area contributed by atoms with Crippen molar-refractivity contribution in [3.8, 4) is 0 Å². The Balaban J connectivity index is 0.00000448. The maximum Gasteiger partial charge on any atom is 0.306 e. The Bertz CT molecular complexity index is 1270. The number of rotatable bonds is 44. The Morgan fingerprint density at radius 2 is 0.721 bits per heavy atom. The fraction of sp³-hybridized carbons (Fsp3) is 0.870. The number of amides is 1. The number of nitrogens with zero attached hydrogens (tertiary/aromatic N) is 1. The molecular formula is C54H97NO13. The highest BCUT2D eigenvalue weighted by atomic mass is 16.6. The predicted molar refractivity (Wildman–Crippen MR) is 265 cm³/mol. The summed E-state index contributed by atoms with van der Waals surface area (Å²) in [7, 11) is 0. The van der Waals surface area contributed by atoms with Crippen molar-refractivity contribution < 1.29 is 62.0 Å². The van der Waals surface area contributed by atoms with E-state index in [9.17, 15) is 33.6 Å². The van der Waals surface area contributed by atoms with Gasteiger partial charge in [-0.25, -0.2) is 0 Å². The van der Waals surface area contributed by atoms with E-state index in [-0.39, 0.29) is 102 Å². The van der Waals surface area contributed by atoms with Crippen LogP contribution in [0.25, 0.3) is 0 Å². The van der Waals surface area contributed by atoms with E-state index in [0.29, 0.717) is 6.42 Å². The number of likely N-dealkylation sites (tertiary alicyclic amines) is 1. The van der Waals surface area contributed by atoms with E-state index in [4.69, 9.17) is 28.4 Å². The Morgan fingerprint density at radius 3 is 1.01 bits per heavy atom. The zero-order chi connectivity index (χ0) is 50.5. The summed E-state index contributed by atoms with van der Waals surface area (Å²) in [4.78, 5) is 87.7. The lowest BCUT2D eigenvalue weighted by Crippen LogP contribution is -2.61. The maximum absolute atomic E-state index is 13.0. The third-order valence-electron chi connectivity index (χ3n) is 12.2. The molecule has 14 heteroatoms. The topological polar surface area (TPSA) is 178 Å². The van der Waals surface area contributed by atoms with Crippen LogP contribution in [0.15, 0.2) is 0 Å². The van der Waals surface area contributed by atoms with Gasteiger partial charge in [0.2, 0.25) is 5.91 Å². The van der Waals surface area contributed by atoms with Crippen molar-refractivity contribution in [2.45, 2.75) is 253 Å². The molecule has 0 saturated carbocycles. The van der Waals surface area contributed by atoms with Gasteiger partial charge in [-0.3, -0.25) is 33.6 Å². The minimum atomic E-state index is -0.596. The molecular weight excluding hydrogens is 871 g/mol. The summed E-state index contributed by atoms with van der Waals surface area (Å²) in [5.41, 5.74) is 0. The monoisotopic (exact) mass is 968 g/mol. The number of carbonyl (C=O) groups excluding carboxylic acids is 7. The van der Waals surface area contributed by atoms with Gasteiger partial charge in [-0.15, -0.1) is 0 Å². The van der Waals surface area contributed by atoms with Crippen molar-refractivity contribution in [3.05, 3.63) is 0 Å². The van der Waals surface area contributed by atoms with E-state index in [0.717, 1.165) is 96.3 Å². The van der Waals surface area contributed by atoms with E-state index in [2.05, 4.69) is 34.6 Å². The van der Waals surface area contributed by atoms with Crippen LogP contribution in [0.1, 0.15) is 241 Å². The van der Waals surface area contributed by atoms with Crippen molar-refractivity contribution in [2.24, 2.45) is 11.8 Å². The molecule has 3 atom stereocenters. The van der Waals surface area contributed by atoms with Gasteiger partial charge >= 0.3 is 29.8 Å². The molecule has 0 spiro atoms. The first kappa shape index (κ1) is 64.3. The summed E-state index contributed by atoms with van der Waals surface area (Å²) in [6.45, 7) is 12.1. The van der Waals surface area contributed by atoms with Gasteiger partial charge in [-0.05, 0) is 25.7 Å². The number of hydrogen-bond donors (Lipinski definition) is 0. The van der Waals surface area contributed by atoms with Crippen LogP contribution in [0, 0.1) is 11.8 Å². The van der Waals surface area contributed by atoms with E-state index < -0.39 is 35.9 Å². The van der Waals surface area contributed by atoms with Gasteiger partial charge in [0.25, 0.3) is 6.47 Å². The number of hydrogen-bond acceptors (Lipinski definition) is 13. The van der Waals surface area contributed by atoms with Crippen molar-refractivity contribution in [3.63, 3.8) is 0 Å². The molecule has 0 radical (unpaired) electrons. The lowest BCUT2D eigenvalue weighted by molar-refractivity contribution is -0.165. The van der Waals surface area contributed by atoms with Crippen molar-refractivity contribution >= 4 is 42.2 Å². The minimum Gasteiger partial charge on any atom is -0.467 e. The van der Waals surface area contributed by atoms with E-state index in [1.165, 1.54) is 76.0 Å². The highest BCUT2D eigenvalue weighted by Crippen LogP contribution is 2.27. The molecule has 1 aliphatic rings. The molecule has 0 aromatic rings. The van der Waals surface area contributed by atoms with Gasteiger partial charge in [-0.2, -0.15) is 0 Å². The van der Waals surface area contributed by atoms with Gasteiger partial charge in [0.15, 0.2) is 0 Å². The highest BCUT2D eigenvalue weighted by molar-refractivity contribution is 5.76. The molecule has 14 nitrogen and oxygen atoms in total. The Kier molecular flexibility index (Phi) is 43.2. The smallest absolute Gasteiger partial charge is 0.306 e. The van der Waals surface area contributed by atoms with Crippen LogP contribution >= 0.6 is 0 Å². The van der Waals surface area contributed by atoms with Gasteiger partial charge < -0.3 is 33.3 Å². The lowest BCUT2D eigenvalue weighted by Gasteiger charge is -2.47. The summed E-state index contributed by atoms with van der Waals surface area (Å²) in [6, 6.07) is -0.853. The second-order valence-corrected chi connectivity index (χ2v) is 18.8. The third-order valence-corrected chi connectivity index (χ3v) is 12.2. The van der Waals surface area contributed by atoms with Crippen LogP contribution in [-0.4, -0.2) is 98.9 Å². The third kappa shape index (κ3) is 37.2. The van der Waals surface area contributed by atoms with Gasteiger partial charge in [0.05, 0.1) is 51.4 Å². The SMILES string of the molecule is CCCCCCCCC.CCCCCCCCC(=O)OCC(COC=O)CC(=O)OCC1CC(COC(=O)CC(COC(=O)CCCCCCCC)COC(=O)CCCCCCCC)N1C(C)=O. The molecule has 1 aliphatic heterocycles. The van der Waals surface area contributed by atoms with E-state index >= 15 is 0 Å². The van der Waals surface area contributed by atoms with Gasteiger partial charge in [0.1, 0.15) is 13.2 Å². The van der Waals surface area contributed by atoms with Gasteiger partial charge in [-0.1, -0.05) is 176 Å². The van der Waals surface area contributed by atoms with Crippen LogP contribution in [0.5, 0.6) is 0 Å². The zero-order valence-corrected chi connectivity index (χ0v) is 43.8. The average molecular weight is 968 g/mol. The molecule has 1 amide bonds. The fourth-order valence-corrected chi connectivity index (χ4v) is 8.02. The lowest BCUT2D eigenvalue weighted by atomic mass is 9.93. The Hall–Kier alpha value is -3.71. The summed E-state index contributed by atoms with van der Waals surface area (Å²) >= 11 is 0. The predicted octanol–water partition coefficient (Wildman–Crippen LogP) is 11.9. The Morgan fingerprint density at radius 1 is 0.426 bits per heavy atom. The summed E-state index contributed by atoms with van der Waals surface area (Å²) in [5, 5.41) is 0.